The zero-order valence-corrected chi connectivity index (χ0v) is 16.7. The third-order valence-electron chi connectivity index (χ3n) is 3.98. The molecule has 1 aliphatic carbocycles. The van der Waals surface area contributed by atoms with Crippen molar-refractivity contribution in [2.45, 2.75) is 38.5 Å². The second kappa shape index (κ2) is 13.1. The Morgan fingerprint density at radius 2 is 2.00 bits per heavy atom. The van der Waals surface area contributed by atoms with Gasteiger partial charge in [0.2, 0.25) is 0 Å². The molecular weight excluding hydrogens is 378 g/mol. The number of aliphatic carboxylic acids is 2. The molecule has 1 saturated heterocycles. The van der Waals surface area contributed by atoms with Gasteiger partial charge >= 0.3 is 11.9 Å². The van der Waals surface area contributed by atoms with Gasteiger partial charge in [0.05, 0.1) is 24.5 Å². The molecule has 0 amide bonds. The summed E-state index contributed by atoms with van der Waals surface area (Å²) in [6.45, 7) is 2.88. The Morgan fingerprint density at radius 3 is 2.62 bits per heavy atom. The number of ether oxygens (including phenoxy) is 1. The Kier molecular flexibility index (Phi) is 11.5. The number of allylic oxidation sites excluding steroid dienone is 1. The van der Waals surface area contributed by atoms with Crippen LogP contribution in [0.5, 0.6) is 0 Å². The van der Waals surface area contributed by atoms with E-state index in [4.69, 9.17) is 26.6 Å². The van der Waals surface area contributed by atoms with Gasteiger partial charge in [0.15, 0.2) is 0 Å². The summed E-state index contributed by atoms with van der Waals surface area (Å²) < 4.78 is 5.93. The molecule has 0 spiro atoms. The van der Waals surface area contributed by atoms with Crippen LogP contribution in [-0.2, 0) is 14.3 Å². The van der Waals surface area contributed by atoms with Gasteiger partial charge in [-0.25, -0.2) is 0 Å². The molecule has 148 valence electrons. The molecule has 1 aliphatic heterocycles. The first-order valence-corrected chi connectivity index (χ1v) is 10.6. The zero-order chi connectivity index (χ0) is 19.4. The van der Waals surface area contributed by atoms with Crippen LogP contribution in [0.3, 0.4) is 0 Å². The number of carboxylic acids is 2. The van der Waals surface area contributed by atoms with Gasteiger partial charge in [-0.2, -0.15) is 11.8 Å². The second-order valence-corrected chi connectivity index (χ2v) is 7.59. The minimum Gasteiger partial charge on any atom is -0.492 e. The highest BCUT2D eigenvalue weighted by Gasteiger charge is 2.24. The van der Waals surface area contributed by atoms with Crippen molar-refractivity contribution in [3.63, 3.8) is 0 Å². The third-order valence-corrected chi connectivity index (χ3v) is 4.98. The normalized spacial score (nSPS) is 19.0. The average Bonchev–Trinajstić information content (AvgIpc) is 2.78. The van der Waals surface area contributed by atoms with Gasteiger partial charge in [-0.3, -0.25) is 9.59 Å². The Morgan fingerprint density at radius 1 is 1.31 bits per heavy atom. The van der Waals surface area contributed by atoms with Crippen LogP contribution in [0.2, 0.25) is 0 Å². The summed E-state index contributed by atoms with van der Waals surface area (Å²) >= 11 is 8.24. The predicted molar refractivity (Wildman–Crippen MR) is 105 cm³/mol. The van der Waals surface area contributed by atoms with Crippen LogP contribution >= 0.6 is 23.4 Å². The summed E-state index contributed by atoms with van der Waals surface area (Å²) in [5.41, 5.74) is 1.40. The summed E-state index contributed by atoms with van der Waals surface area (Å²) in [5, 5.41) is 20.1. The maximum Gasteiger partial charge on any atom is 0.303 e. The molecule has 3 N–H and O–H groups in total. The predicted octanol–water partition coefficient (Wildman–Crippen LogP) is 3.47. The molecule has 1 atom stereocenters. The van der Waals surface area contributed by atoms with Crippen LogP contribution in [-0.4, -0.2) is 53.9 Å². The van der Waals surface area contributed by atoms with Gasteiger partial charge in [0.25, 0.3) is 0 Å². The Balaban J connectivity index is 0.000000359. The van der Waals surface area contributed by atoms with Crippen molar-refractivity contribution in [1.82, 2.24) is 5.32 Å². The summed E-state index contributed by atoms with van der Waals surface area (Å²) in [6.07, 6.45) is 8.22. The second-order valence-electron chi connectivity index (χ2n) is 6.20. The van der Waals surface area contributed by atoms with Gasteiger partial charge in [0.1, 0.15) is 5.76 Å². The van der Waals surface area contributed by atoms with E-state index in [1.807, 2.05) is 11.8 Å². The van der Waals surface area contributed by atoms with E-state index in [0.717, 1.165) is 49.8 Å². The number of carboxylic acid groups (broad SMARTS) is 2. The lowest BCUT2D eigenvalue weighted by Gasteiger charge is -2.22. The van der Waals surface area contributed by atoms with Crippen LogP contribution < -0.4 is 5.32 Å². The number of rotatable bonds is 9. The Bertz CT molecular complexity index is 522. The number of hydrogen-bond donors (Lipinski definition) is 3. The van der Waals surface area contributed by atoms with E-state index in [2.05, 4.69) is 17.6 Å². The topological polar surface area (TPSA) is 95.9 Å². The molecule has 6 nitrogen and oxygen atoms in total. The van der Waals surface area contributed by atoms with E-state index in [9.17, 15) is 9.59 Å². The molecule has 2 rings (SSSR count). The van der Waals surface area contributed by atoms with Crippen molar-refractivity contribution in [2.24, 2.45) is 5.92 Å². The zero-order valence-electron chi connectivity index (χ0n) is 15.1. The van der Waals surface area contributed by atoms with Crippen molar-refractivity contribution in [3.05, 3.63) is 22.4 Å². The minimum absolute atomic E-state index is 0.296. The summed E-state index contributed by atoms with van der Waals surface area (Å²) in [4.78, 5) is 19.3. The van der Waals surface area contributed by atoms with Crippen molar-refractivity contribution >= 4 is 35.3 Å². The maximum absolute atomic E-state index is 9.64. The van der Waals surface area contributed by atoms with Crippen LogP contribution in [0.15, 0.2) is 22.4 Å². The van der Waals surface area contributed by atoms with E-state index in [1.54, 1.807) is 0 Å². The highest BCUT2D eigenvalue weighted by molar-refractivity contribution is 7.98. The minimum atomic E-state index is -1.08. The van der Waals surface area contributed by atoms with E-state index in [-0.39, 0.29) is 12.8 Å². The maximum atomic E-state index is 9.64. The number of fused-ring (bicyclic) bond motifs is 2. The molecule has 8 heteroatoms. The van der Waals surface area contributed by atoms with Gasteiger partial charge in [-0.05, 0) is 55.7 Å². The molecule has 1 fully saturated rings. The summed E-state index contributed by atoms with van der Waals surface area (Å²) in [6, 6.07) is 0. The number of thioether (sulfide) groups is 1. The number of halogens is 1. The standard InChI is InChI=1S/C14H22ClNOS.C4H6O4/c1-18-7-3-2-6-17-14-12-4-5-16-10-11(8-12)9-13(14)15;5-3(6)1-2-4(7)8/h9,11,16H,2-8,10H2,1H3;1-2H2,(H,5,6)(H,7,8). The largest absolute Gasteiger partial charge is 0.492 e. The molecule has 0 saturated carbocycles. The highest BCUT2D eigenvalue weighted by Crippen LogP contribution is 2.34. The fourth-order valence-electron chi connectivity index (χ4n) is 2.70. The number of unbranched alkanes of at least 4 members (excludes halogenated alkanes) is 1. The van der Waals surface area contributed by atoms with Gasteiger partial charge < -0.3 is 20.3 Å². The summed E-state index contributed by atoms with van der Waals surface area (Å²) in [7, 11) is 0. The average molecular weight is 406 g/mol. The van der Waals surface area contributed by atoms with Gasteiger partial charge in [-0.1, -0.05) is 17.7 Å². The SMILES string of the molecule is CSCCCCOC1=C2CCNCC(C=C1Cl)C2.O=C(O)CCC(=O)O. The molecule has 2 bridgehead atoms. The number of hydrogen-bond acceptors (Lipinski definition) is 5. The lowest BCUT2D eigenvalue weighted by Crippen LogP contribution is -2.19. The van der Waals surface area contributed by atoms with Crippen LogP contribution in [0.25, 0.3) is 0 Å². The lowest BCUT2D eigenvalue weighted by molar-refractivity contribution is -0.143. The molecule has 1 unspecified atom stereocenters. The first kappa shape index (κ1) is 22.9. The van der Waals surface area contributed by atoms with Crippen LogP contribution in [0.4, 0.5) is 0 Å². The van der Waals surface area contributed by atoms with E-state index >= 15 is 0 Å². The van der Waals surface area contributed by atoms with Crippen LogP contribution in [0, 0.1) is 5.92 Å². The first-order chi connectivity index (χ1) is 12.4. The Hall–Kier alpha value is -1.18. The fraction of sp³-hybridized carbons (Fsp3) is 0.667. The van der Waals surface area contributed by atoms with Crippen molar-refractivity contribution < 1.29 is 24.5 Å². The molecule has 1 heterocycles. The smallest absolute Gasteiger partial charge is 0.303 e. The van der Waals surface area contributed by atoms with Gasteiger partial charge in [-0.15, -0.1) is 0 Å². The quantitative estimate of drug-likeness (QED) is 0.505. The molecule has 0 aromatic rings. The van der Waals surface area contributed by atoms with Crippen molar-refractivity contribution in [1.29, 1.82) is 0 Å². The third kappa shape index (κ3) is 9.50. The molecule has 2 aliphatic rings. The van der Waals surface area contributed by atoms with Crippen LogP contribution in [0.1, 0.15) is 38.5 Å². The van der Waals surface area contributed by atoms with Crippen molar-refractivity contribution in [2.75, 3.05) is 31.7 Å². The Labute approximate surface area is 164 Å². The molecule has 0 aromatic heterocycles. The van der Waals surface area contributed by atoms with Gasteiger partial charge in [0, 0.05) is 6.54 Å². The van der Waals surface area contributed by atoms with E-state index in [1.165, 1.54) is 17.7 Å². The number of nitrogens with one attached hydrogen (secondary N) is 1. The van der Waals surface area contributed by atoms with E-state index in [0.29, 0.717) is 5.92 Å². The molecule has 0 aromatic carbocycles. The molecule has 0 radical (unpaired) electrons. The molecule has 26 heavy (non-hydrogen) atoms. The summed E-state index contributed by atoms with van der Waals surface area (Å²) in [5.74, 6) is 0.588. The fourth-order valence-corrected chi connectivity index (χ4v) is 3.56. The highest BCUT2D eigenvalue weighted by atomic mass is 35.5. The lowest BCUT2D eigenvalue weighted by atomic mass is 9.93. The number of carbonyl (C=O) groups is 2. The monoisotopic (exact) mass is 405 g/mol. The van der Waals surface area contributed by atoms with E-state index < -0.39 is 11.9 Å². The molecular formula is C18H28ClNO5S. The van der Waals surface area contributed by atoms with Crippen molar-refractivity contribution in [3.8, 4) is 0 Å². The first-order valence-electron chi connectivity index (χ1n) is 8.79.